The maximum Gasteiger partial charge on any atom is 0.228 e. The number of morpholine rings is 1. The average molecular weight is 406 g/mol. The molecular weight excluding hydrogens is 380 g/mol. The highest BCUT2D eigenvalue weighted by atomic mass is 16.5. The second-order valence-corrected chi connectivity index (χ2v) is 7.00. The zero-order chi connectivity index (χ0) is 20.8. The fraction of sp³-hybridized carbons (Fsp3) is 0.318. The number of benzene rings is 1. The predicted molar refractivity (Wildman–Crippen MR) is 118 cm³/mol. The van der Waals surface area contributed by atoms with Gasteiger partial charge in [-0.3, -0.25) is 0 Å². The molecule has 0 spiro atoms. The van der Waals surface area contributed by atoms with Gasteiger partial charge < -0.3 is 25.4 Å². The fourth-order valence-electron chi connectivity index (χ4n) is 3.37. The molecule has 0 unspecified atom stereocenters. The first-order chi connectivity index (χ1) is 14.7. The first-order valence-corrected chi connectivity index (χ1v) is 10.0. The third-order valence-electron chi connectivity index (χ3n) is 4.98. The Morgan fingerprint density at radius 1 is 1.13 bits per heavy atom. The summed E-state index contributed by atoms with van der Waals surface area (Å²) in [4.78, 5) is 15.9. The third-order valence-corrected chi connectivity index (χ3v) is 4.98. The molecule has 2 aromatic heterocycles. The van der Waals surface area contributed by atoms with Gasteiger partial charge in [-0.15, -0.1) is 0 Å². The molecule has 3 N–H and O–H groups in total. The summed E-state index contributed by atoms with van der Waals surface area (Å²) >= 11 is 0. The van der Waals surface area contributed by atoms with Gasteiger partial charge >= 0.3 is 0 Å². The number of hydrogen-bond acceptors (Lipinski definition) is 8. The molecule has 0 saturated carbocycles. The lowest BCUT2D eigenvalue weighted by molar-refractivity contribution is 0.122. The first-order valence-electron chi connectivity index (χ1n) is 10.0. The van der Waals surface area contributed by atoms with Crippen LogP contribution in [0, 0.1) is 0 Å². The Hall–Kier alpha value is -3.39. The minimum absolute atomic E-state index is 0.483. The van der Waals surface area contributed by atoms with Crippen LogP contribution in [-0.2, 0) is 11.2 Å². The number of rotatable bonds is 7. The molecule has 1 aliphatic heterocycles. The van der Waals surface area contributed by atoms with E-state index in [1.807, 2.05) is 30.3 Å². The Morgan fingerprint density at radius 2 is 1.97 bits per heavy atom. The largest absolute Gasteiger partial charge is 0.496 e. The van der Waals surface area contributed by atoms with Gasteiger partial charge in [-0.1, -0.05) is 18.2 Å². The maximum absolute atomic E-state index is 5.74. The first kappa shape index (κ1) is 19.9. The van der Waals surface area contributed by atoms with Crippen LogP contribution in [0.1, 0.15) is 5.56 Å². The Labute approximate surface area is 176 Å². The molecule has 3 heterocycles. The fourth-order valence-corrected chi connectivity index (χ4v) is 3.37. The molecule has 1 saturated heterocycles. The molecule has 4 rings (SSSR count). The van der Waals surface area contributed by atoms with Gasteiger partial charge in [-0.2, -0.15) is 4.98 Å². The number of nitrogen functional groups attached to an aromatic ring is 1. The van der Waals surface area contributed by atoms with Crippen molar-refractivity contribution in [3.8, 4) is 17.0 Å². The van der Waals surface area contributed by atoms with Crippen molar-refractivity contribution in [2.24, 2.45) is 0 Å². The van der Waals surface area contributed by atoms with Gasteiger partial charge in [0.2, 0.25) is 5.95 Å². The number of para-hydroxylation sites is 1. The molecule has 0 atom stereocenters. The van der Waals surface area contributed by atoms with Crippen molar-refractivity contribution < 1.29 is 9.47 Å². The standard InChI is InChI=1S/C22H26N6O2/c1-29-19-5-3-2-4-16(19)8-9-24-21-14-18(17-6-7-20(23)25-15-17)26-22(27-21)28-10-12-30-13-11-28/h2-7,14-15H,8-13H2,1H3,(H2,23,25)(H,24,26,27). The predicted octanol–water partition coefficient (Wildman–Crippen LogP) is 2.62. The van der Waals surface area contributed by atoms with Crippen LogP contribution < -0.4 is 20.7 Å². The Balaban J connectivity index is 1.56. The van der Waals surface area contributed by atoms with Crippen LogP contribution in [-0.4, -0.2) is 54.9 Å². The van der Waals surface area contributed by atoms with Gasteiger partial charge in [0.05, 0.1) is 26.0 Å². The van der Waals surface area contributed by atoms with Gasteiger partial charge in [0, 0.05) is 37.5 Å². The van der Waals surface area contributed by atoms with Crippen LogP contribution in [0.25, 0.3) is 11.3 Å². The van der Waals surface area contributed by atoms with Gasteiger partial charge in [-0.25, -0.2) is 9.97 Å². The molecule has 0 amide bonds. The van der Waals surface area contributed by atoms with Gasteiger partial charge in [-0.05, 0) is 30.2 Å². The number of aromatic nitrogens is 3. The zero-order valence-electron chi connectivity index (χ0n) is 17.0. The molecule has 1 fully saturated rings. The summed E-state index contributed by atoms with van der Waals surface area (Å²) in [6.45, 7) is 3.61. The molecule has 0 bridgehead atoms. The molecule has 8 nitrogen and oxygen atoms in total. The quantitative estimate of drug-likeness (QED) is 0.618. The number of pyridine rings is 1. The highest BCUT2D eigenvalue weighted by Crippen LogP contribution is 2.24. The second-order valence-electron chi connectivity index (χ2n) is 7.00. The molecule has 30 heavy (non-hydrogen) atoms. The molecule has 3 aromatic rings. The molecule has 0 radical (unpaired) electrons. The van der Waals surface area contributed by atoms with E-state index < -0.39 is 0 Å². The molecule has 8 heteroatoms. The van der Waals surface area contributed by atoms with Crippen molar-refractivity contribution in [2.75, 3.05) is 55.9 Å². The molecule has 1 aromatic carbocycles. The monoisotopic (exact) mass is 406 g/mol. The molecule has 1 aliphatic rings. The van der Waals surface area contributed by atoms with E-state index in [1.54, 1.807) is 19.4 Å². The number of nitrogens with two attached hydrogens (primary N) is 1. The number of hydrogen-bond donors (Lipinski definition) is 2. The summed E-state index contributed by atoms with van der Waals surface area (Å²) in [5.74, 6) is 2.83. The van der Waals surface area contributed by atoms with Crippen molar-refractivity contribution >= 4 is 17.6 Å². The summed E-state index contributed by atoms with van der Waals surface area (Å²) < 4.78 is 10.9. The van der Waals surface area contributed by atoms with Crippen molar-refractivity contribution in [1.82, 2.24) is 15.0 Å². The van der Waals surface area contributed by atoms with E-state index in [1.165, 1.54) is 0 Å². The van der Waals surface area contributed by atoms with Crippen LogP contribution in [0.3, 0.4) is 0 Å². The van der Waals surface area contributed by atoms with Crippen LogP contribution in [0.4, 0.5) is 17.6 Å². The van der Waals surface area contributed by atoms with E-state index in [2.05, 4.69) is 21.3 Å². The topological polar surface area (TPSA) is 98.4 Å². The Bertz CT molecular complexity index is 974. The summed E-state index contributed by atoms with van der Waals surface area (Å²) in [5.41, 5.74) is 8.59. The normalized spacial score (nSPS) is 13.8. The van der Waals surface area contributed by atoms with Crippen LogP contribution in [0.2, 0.25) is 0 Å². The lowest BCUT2D eigenvalue weighted by Crippen LogP contribution is -2.37. The minimum atomic E-state index is 0.483. The number of methoxy groups -OCH3 is 1. The van der Waals surface area contributed by atoms with Crippen LogP contribution in [0.5, 0.6) is 5.75 Å². The van der Waals surface area contributed by atoms with Gasteiger partial charge in [0.1, 0.15) is 17.4 Å². The van der Waals surface area contributed by atoms with E-state index >= 15 is 0 Å². The average Bonchev–Trinajstić information content (AvgIpc) is 2.80. The molecule has 0 aliphatic carbocycles. The summed E-state index contributed by atoms with van der Waals surface area (Å²) in [5, 5.41) is 3.44. The number of ether oxygens (including phenoxy) is 2. The number of nitrogens with one attached hydrogen (secondary N) is 1. The van der Waals surface area contributed by atoms with Crippen molar-refractivity contribution in [2.45, 2.75) is 6.42 Å². The Kier molecular flexibility index (Phi) is 6.24. The lowest BCUT2D eigenvalue weighted by Gasteiger charge is -2.27. The SMILES string of the molecule is COc1ccccc1CCNc1cc(-c2ccc(N)nc2)nc(N2CCOCC2)n1. The smallest absolute Gasteiger partial charge is 0.228 e. The molecule has 156 valence electrons. The third kappa shape index (κ3) is 4.77. The van der Waals surface area contributed by atoms with Crippen molar-refractivity contribution in [3.05, 3.63) is 54.2 Å². The van der Waals surface area contributed by atoms with Gasteiger partial charge in [0.25, 0.3) is 0 Å². The highest BCUT2D eigenvalue weighted by Gasteiger charge is 2.16. The van der Waals surface area contributed by atoms with E-state index in [-0.39, 0.29) is 0 Å². The van der Waals surface area contributed by atoms with E-state index in [4.69, 9.17) is 25.2 Å². The number of anilines is 3. The Morgan fingerprint density at radius 3 is 2.73 bits per heavy atom. The highest BCUT2D eigenvalue weighted by molar-refractivity contribution is 5.64. The second kappa shape index (κ2) is 9.41. The van der Waals surface area contributed by atoms with Gasteiger partial charge in [0.15, 0.2) is 0 Å². The van der Waals surface area contributed by atoms with Crippen LogP contribution >= 0.6 is 0 Å². The lowest BCUT2D eigenvalue weighted by atomic mass is 10.1. The summed E-state index contributed by atoms with van der Waals surface area (Å²) in [7, 11) is 1.69. The zero-order valence-corrected chi connectivity index (χ0v) is 17.0. The summed E-state index contributed by atoms with van der Waals surface area (Å²) in [6.07, 6.45) is 2.55. The number of nitrogens with zero attached hydrogens (tertiary/aromatic N) is 4. The van der Waals surface area contributed by atoms with E-state index in [9.17, 15) is 0 Å². The van der Waals surface area contributed by atoms with E-state index in [0.717, 1.165) is 54.4 Å². The minimum Gasteiger partial charge on any atom is -0.496 e. The molecular formula is C22H26N6O2. The maximum atomic E-state index is 5.74. The van der Waals surface area contributed by atoms with Crippen molar-refractivity contribution in [3.63, 3.8) is 0 Å². The van der Waals surface area contributed by atoms with E-state index in [0.29, 0.717) is 25.0 Å². The van der Waals surface area contributed by atoms with Crippen molar-refractivity contribution in [1.29, 1.82) is 0 Å². The summed E-state index contributed by atoms with van der Waals surface area (Å²) in [6, 6.07) is 13.7. The van der Waals surface area contributed by atoms with Crippen LogP contribution in [0.15, 0.2) is 48.7 Å².